The number of aryl methyl sites for hydroxylation is 1. The molecule has 4 heteroatoms. The standard InChI is InChI=1S/C16H17FN2O/c1-11-10-12(17)6-7-13(11)16(20)19-9-3-5-15(19)14-4-2-8-18-14/h2,4,6-8,10,15,18H,3,5,9H2,1H3. The molecule has 1 amide bonds. The number of nitrogens with zero attached hydrogens (tertiary/aromatic N) is 1. The Morgan fingerprint density at radius 1 is 1.40 bits per heavy atom. The third kappa shape index (κ3) is 2.22. The van der Waals surface area contributed by atoms with E-state index in [0.717, 1.165) is 25.1 Å². The van der Waals surface area contributed by atoms with Crippen LogP contribution < -0.4 is 0 Å². The molecule has 3 rings (SSSR count). The van der Waals surface area contributed by atoms with Crippen LogP contribution in [0.1, 0.15) is 40.5 Å². The quantitative estimate of drug-likeness (QED) is 0.893. The monoisotopic (exact) mass is 272 g/mol. The van der Waals surface area contributed by atoms with E-state index in [1.54, 1.807) is 13.0 Å². The first kappa shape index (κ1) is 12.9. The van der Waals surface area contributed by atoms with Crippen molar-refractivity contribution in [1.82, 2.24) is 9.88 Å². The molecule has 1 saturated heterocycles. The first-order valence-corrected chi connectivity index (χ1v) is 6.87. The van der Waals surface area contributed by atoms with E-state index in [2.05, 4.69) is 4.98 Å². The zero-order chi connectivity index (χ0) is 14.1. The number of aromatic amines is 1. The van der Waals surface area contributed by atoms with E-state index in [9.17, 15) is 9.18 Å². The number of benzene rings is 1. The van der Waals surface area contributed by atoms with E-state index >= 15 is 0 Å². The topological polar surface area (TPSA) is 36.1 Å². The van der Waals surface area contributed by atoms with Crippen molar-refractivity contribution in [2.24, 2.45) is 0 Å². The summed E-state index contributed by atoms with van der Waals surface area (Å²) in [4.78, 5) is 17.7. The second kappa shape index (κ2) is 5.12. The zero-order valence-corrected chi connectivity index (χ0v) is 11.4. The summed E-state index contributed by atoms with van der Waals surface area (Å²) in [6.45, 7) is 2.52. The average molecular weight is 272 g/mol. The molecule has 3 nitrogen and oxygen atoms in total. The fraction of sp³-hybridized carbons (Fsp3) is 0.312. The molecule has 0 aliphatic carbocycles. The summed E-state index contributed by atoms with van der Waals surface area (Å²) in [5.74, 6) is -0.319. The number of halogens is 1. The number of likely N-dealkylation sites (tertiary alicyclic amines) is 1. The Kier molecular flexibility index (Phi) is 3.30. The highest BCUT2D eigenvalue weighted by Crippen LogP contribution is 2.32. The molecule has 1 atom stereocenters. The molecule has 104 valence electrons. The summed E-state index contributed by atoms with van der Waals surface area (Å²) in [7, 11) is 0. The molecule has 2 heterocycles. The van der Waals surface area contributed by atoms with E-state index in [4.69, 9.17) is 0 Å². The highest BCUT2D eigenvalue weighted by atomic mass is 19.1. The lowest BCUT2D eigenvalue weighted by molar-refractivity contribution is 0.0732. The van der Waals surface area contributed by atoms with Crippen molar-refractivity contribution in [3.8, 4) is 0 Å². The Morgan fingerprint density at radius 3 is 2.95 bits per heavy atom. The maximum absolute atomic E-state index is 13.2. The second-order valence-corrected chi connectivity index (χ2v) is 5.24. The first-order chi connectivity index (χ1) is 9.66. The third-order valence-electron chi connectivity index (χ3n) is 3.91. The fourth-order valence-corrected chi connectivity index (χ4v) is 2.91. The van der Waals surface area contributed by atoms with Crippen molar-refractivity contribution in [1.29, 1.82) is 0 Å². The fourth-order valence-electron chi connectivity index (χ4n) is 2.91. The number of H-pyrrole nitrogens is 1. The predicted molar refractivity (Wildman–Crippen MR) is 74.9 cm³/mol. The van der Waals surface area contributed by atoms with E-state index in [-0.39, 0.29) is 17.8 Å². The minimum absolute atomic E-state index is 0.0143. The predicted octanol–water partition coefficient (Wildman–Crippen LogP) is 3.44. The van der Waals surface area contributed by atoms with Gasteiger partial charge in [-0.15, -0.1) is 0 Å². The Labute approximate surface area is 117 Å². The lowest BCUT2D eigenvalue weighted by atomic mass is 10.1. The van der Waals surface area contributed by atoms with Gasteiger partial charge in [0.1, 0.15) is 5.82 Å². The average Bonchev–Trinajstić information content (AvgIpc) is 3.09. The summed E-state index contributed by atoms with van der Waals surface area (Å²) < 4.78 is 13.2. The number of hydrogen-bond acceptors (Lipinski definition) is 1. The van der Waals surface area contributed by atoms with Crippen molar-refractivity contribution in [2.75, 3.05) is 6.54 Å². The zero-order valence-electron chi connectivity index (χ0n) is 11.4. The van der Waals surface area contributed by atoms with E-state index in [0.29, 0.717) is 11.1 Å². The molecule has 1 aromatic carbocycles. The van der Waals surface area contributed by atoms with Crippen LogP contribution in [0, 0.1) is 12.7 Å². The highest BCUT2D eigenvalue weighted by molar-refractivity contribution is 5.96. The Hall–Kier alpha value is -2.10. The number of nitrogens with one attached hydrogen (secondary N) is 1. The number of amides is 1. The highest BCUT2D eigenvalue weighted by Gasteiger charge is 2.31. The smallest absolute Gasteiger partial charge is 0.254 e. The van der Waals surface area contributed by atoms with Gasteiger partial charge < -0.3 is 9.88 Å². The minimum Gasteiger partial charge on any atom is -0.363 e. The summed E-state index contributed by atoms with van der Waals surface area (Å²) in [5, 5.41) is 0. The van der Waals surface area contributed by atoms with Gasteiger partial charge in [-0.05, 0) is 55.7 Å². The SMILES string of the molecule is Cc1cc(F)ccc1C(=O)N1CCCC1c1ccc[nH]1. The third-order valence-corrected chi connectivity index (χ3v) is 3.91. The molecule has 0 spiro atoms. The van der Waals surface area contributed by atoms with Crippen LogP contribution >= 0.6 is 0 Å². The van der Waals surface area contributed by atoms with Gasteiger partial charge in [-0.2, -0.15) is 0 Å². The van der Waals surface area contributed by atoms with Gasteiger partial charge in [0.15, 0.2) is 0 Å². The summed E-state index contributed by atoms with van der Waals surface area (Å²) in [6, 6.07) is 8.39. The number of aromatic nitrogens is 1. The van der Waals surface area contributed by atoms with E-state index in [1.807, 2.05) is 23.2 Å². The van der Waals surface area contributed by atoms with Crippen LogP contribution in [0.4, 0.5) is 4.39 Å². The molecule has 2 aromatic rings. The summed E-state index contributed by atoms with van der Waals surface area (Å²) in [6.07, 6.45) is 3.83. The van der Waals surface area contributed by atoms with Crippen molar-refractivity contribution in [2.45, 2.75) is 25.8 Å². The van der Waals surface area contributed by atoms with Crippen molar-refractivity contribution in [3.05, 3.63) is 59.2 Å². The van der Waals surface area contributed by atoms with Gasteiger partial charge in [0.25, 0.3) is 5.91 Å². The lowest BCUT2D eigenvalue weighted by Crippen LogP contribution is -2.31. The van der Waals surface area contributed by atoms with Gasteiger partial charge in [-0.25, -0.2) is 4.39 Å². The first-order valence-electron chi connectivity index (χ1n) is 6.87. The Morgan fingerprint density at radius 2 is 2.25 bits per heavy atom. The normalized spacial score (nSPS) is 18.5. The van der Waals surface area contributed by atoms with Gasteiger partial charge >= 0.3 is 0 Å². The molecule has 20 heavy (non-hydrogen) atoms. The van der Waals surface area contributed by atoms with Gasteiger partial charge in [-0.3, -0.25) is 4.79 Å². The van der Waals surface area contributed by atoms with Crippen LogP contribution in [-0.4, -0.2) is 22.3 Å². The number of carbonyl (C=O) groups is 1. The molecule has 0 bridgehead atoms. The number of rotatable bonds is 2. The van der Waals surface area contributed by atoms with Crippen LogP contribution in [-0.2, 0) is 0 Å². The lowest BCUT2D eigenvalue weighted by Gasteiger charge is -2.24. The van der Waals surface area contributed by atoms with Crippen molar-refractivity contribution >= 4 is 5.91 Å². The van der Waals surface area contributed by atoms with E-state index < -0.39 is 0 Å². The van der Waals surface area contributed by atoms with Crippen LogP contribution in [0.25, 0.3) is 0 Å². The van der Waals surface area contributed by atoms with Gasteiger partial charge in [0, 0.05) is 24.0 Å². The minimum atomic E-state index is -0.304. The van der Waals surface area contributed by atoms with Crippen molar-refractivity contribution in [3.63, 3.8) is 0 Å². The van der Waals surface area contributed by atoms with Gasteiger partial charge in [-0.1, -0.05) is 0 Å². The van der Waals surface area contributed by atoms with Gasteiger partial charge in [0.2, 0.25) is 0 Å². The van der Waals surface area contributed by atoms with Crippen LogP contribution in [0.3, 0.4) is 0 Å². The molecule has 1 fully saturated rings. The number of carbonyl (C=O) groups excluding carboxylic acids is 1. The molecule has 1 N–H and O–H groups in total. The van der Waals surface area contributed by atoms with Crippen LogP contribution in [0.15, 0.2) is 36.5 Å². The molecule has 0 saturated carbocycles. The Bertz CT molecular complexity index is 621. The molecule has 1 aromatic heterocycles. The molecular weight excluding hydrogens is 255 g/mol. The van der Waals surface area contributed by atoms with Crippen LogP contribution in [0.5, 0.6) is 0 Å². The maximum atomic E-state index is 13.2. The second-order valence-electron chi connectivity index (χ2n) is 5.24. The van der Waals surface area contributed by atoms with Gasteiger partial charge in [0.05, 0.1) is 6.04 Å². The molecule has 1 unspecified atom stereocenters. The summed E-state index contributed by atoms with van der Waals surface area (Å²) >= 11 is 0. The maximum Gasteiger partial charge on any atom is 0.254 e. The van der Waals surface area contributed by atoms with Crippen molar-refractivity contribution < 1.29 is 9.18 Å². The molecular formula is C16H17FN2O. The van der Waals surface area contributed by atoms with E-state index in [1.165, 1.54) is 12.1 Å². The summed E-state index contributed by atoms with van der Waals surface area (Å²) in [5.41, 5.74) is 2.34. The molecule has 1 aliphatic heterocycles. The molecule has 0 radical (unpaired) electrons. The van der Waals surface area contributed by atoms with Crippen LogP contribution in [0.2, 0.25) is 0 Å². The Balaban J connectivity index is 1.89. The molecule has 1 aliphatic rings. The number of hydrogen-bond donors (Lipinski definition) is 1. The largest absolute Gasteiger partial charge is 0.363 e.